The van der Waals surface area contributed by atoms with Crippen LogP contribution in [0.15, 0.2) is 12.5 Å². The fraction of sp³-hybridized carbons (Fsp3) is 0.667. The molecule has 0 spiro atoms. The highest BCUT2D eigenvalue weighted by molar-refractivity contribution is 5.68. The molecule has 104 valence electrons. The van der Waals surface area contributed by atoms with Crippen LogP contribution in [-0.4, -0.2) is 58.0 Å². The first kappa shape index (κ1) is 13.5. The minimum absolute atomic E-state index is 0.257. The van der Waals surface area contributed by atoms with Crippen LogP contribution in [0.25, 0.3) is 0 Å². The molecule has 0 aromatic carbocycles. The van der Waals surface area contributed by atoms with E-state index < -0.39 is 5.60 Å². The van der Waals surface area contributed by atoms with E-state index in [2.05, 4.69) is 20.1 Å². The van der Waals surface area contributed by atoms with E-state index in [-0.39, 0.29) is 6.09 Å². The number of nitrogens with zero attached hydrogens (tertiary/aromatic N) is 5. The van der Waals surface area contributed by atoms with Gasteiger partial charge in [0.15, 0.2) is 5.82 Å². The first-order valence-electron chi connectivity index (χ1n) is 6.31. The first-order chi connectivity index (χ1) is 8.96. The number of aromatic nitrogens is 3. The summed E-state index contributed by atoms with van der Waals surface area (Å²) in [5.41, 5.74) is -0.454. The second-order valence-corrected chi connectivity index (χ2v) is 5.42. The molecule has 0 N–H and O–H groups in total. The third-order valence-electron chi connectivity index (χ3n) is 2.74. The van der Waals surface area contributed by atoms with Crippen molar-refractivity contribution in [1.82, 2.24) is 20.1 Å². The van der Waals surface area contributed by atoms with Gasteiger partial charge in [0.1, 0.15) is 11.9 Å². The average molecular weight is 265 g/mol. The van der Waals surface area contributed by atoms with Crippen LogP contribution in [0.5, 0.6) is 0 Å². The molecule has 1 fully saturated rings. The predicted molar refractivity (Wildman–Crippen MR) is 69.8 cm³/mol. The molecule has 0 atom stereocenters. The summed E-state index contributed by atoms with van der Waals surface area (Å²) in [7, 11) is 0. The minimum Gasteiger partial charge on any atom is -0.444 e. The number of anilines is 1. The smallest absolute Gasteiger partial charge is 0.410 e. The number of rotatable bonds is 1. The monoisotopic (exact) mass is 265 g/mol. The summed E-state index contributed by atoms with van der Waals surface area (Å²) in [6.07, 6.45) is 2.80. The molecule has 0 radical (unpaired) electrons. The number of carbonyl (C=O) groups is 1. The van der Waals surface area contributed by atoms with Gasteiger partial charge >= 0.3 is 6.09 Å². The fourth-order valence-electron chi connectivity index (χ4n) is 1.84. The van der Waals surface area contributed by atoms with Crippen LogP contribution in [0.2, 0.25) is 0 Å². The lowest BCUT2D eigenvalue weighted by Crippen LogP contribution is -2.50. The number of piperazine rings is 1. The summed E-state index contributed by atoms with van der Waals surface area (Å²) >= 11 is 0. The van der Waals surface area contributed by atoms with Crippen molar-refractivity contribution in [3.8, 4) is 0 Å². The lowest BCUT2D eigenvalue weighted by atomic mass is 10.2. The van der Waals surface area contributed by atoms with Gasteiger partial charge in [0, 0.05) is 26.2 Å². The second-order valence-electron chi connectivity index (χ2n) is 5.42. The Morgan fingerprint density at radius 1 is 1.21 bits per heavy atom. The Bertz CT molecular complexity index is 423. The molecule has 1 aromatic heterocycles. The average Bonchev–Trinajstić information content (AvgIpc) is 2.38. The first-order valence-corrected chi connectivity index (χ1v) is 6.31. The van der Waals surface area contributed by atoms with Crippen molar-refractivity contribution >= 4 is 11.9 Å². The van der Waals surface area contributed by atoms with Crippen LogP contribution in [0.3, 0.4) is 0 Å². The highest BCUT2D eigenvalue weighted by Crippen LogP contribution is 2.14. The van der Waals surface area contributed by atoms with Crippen LogP contribution >= 0.6 is 0 Å². The van der Waals surface area contributed by atoms with Gasteiger partial charge in [-0.15, -0.1) is 5.10 Å². The van der Waals surface area contributed by atoms with Crippen molar-refractivity contribution in [3.63, 3.8) is 0 Å². The minimum atomic E-state index is -0.454. The van der Waals surface area contributed by atoms with Crippen molar-refractivity contribution in [1.29, 1.82) is 0 Å². The summed E-state index contributed by atoms with van der Waals surface area (Å²) < 4.78 is 5.35. The van der Waals surface area contributed by atoms with Crippen LogP contribution in [0.4, 0.5) is 10.6 Å². The zero-order chi connectivity index (χ0) is 13.9. The molecule has 1 saturated heterocycles. The number of carbonyl (C=O) groups excluding carboxylic acids is 1. The molecule has 1 aromatic rings. The van der Waals surface area contributed by atoms with Crippen molar-refractivity contribution in [2.45, 2.75) is 26.4 Å². The Kier molecular flexibility index (Phi) is 3.82. The Balaban J connectivity index is 1.88. The summed E-state index contributed by atoms with van der Waals surface area (Å²) in [4.78, 5) is 19.9. The van der Waals surface area contributed by atoms with Crippen LogP contribution in [-0.2, 0) is 4.74 Å². The lowest BCUT2D eigenvalue weighted by Gasteiger charge is -2.35. The summed E-state index contributed by atoms with van der Waals surface area (Å²) in [6, 6.07) is 0. The Morgan fingerprint density at radius 2 is 1.89 bits per heavy atom. The van der Waals surface area contributed by atoms with E-state index in [4.69, 9.17) is 4.74 Å². The lowest BCUT2D eigenvalue weighted by molar-refractivity contribution is 0.0240. The Hall–Kier alpha value is -1.92. The molecule has 2 heterocycles. The maximum Gasteiger partial charge on any atom is 0.410 e. The van der Waals surface area contributed by atoms with Gasteiger partial charge in [-0.2, -0.15) is 5.10 Å². The van der Waals surface area contributed by atoms with E-state index in [9.17, 15) is 4.79 Å². The number of ether oxygens (including phenoxy) is 1. The zero-order valence-corrected chi connectivity index (χ0v) is 11.5. The number of hydrogen-bond donors (Lipinski definition) is 0. The third kappa shape index (κ3) is 3.77. The van der Waals surface area contributed by atoms with Gasteiger partial charge in [-0.1, -0.05) is 0 Å². The quantitative estimate of drug-likeness (QED) is 0.752. The molecular formula is C12H19N5O2. The molecule has 7 heteroatoms. The van der Waals surface area contributed by atoms with Gasteiger partial charge in [-0.3, -0.25) is 0 Å². The van der Waals surface area contributed by atoms with E-state index in [0.717, 1.165) is 18.9 Å². The topological polar surface area (TPSA) is 71.5 Å². The molecule has 7 nitrogen and oxygen atoms in total. The molecule has 0 aliphatic carbocycles. The van der Waals surface area contributed by atoms with Gasteiger partial charge < -0.3 is 14.5 Å². The molecule has 1 aliphatic rings. The normalized spacial score (nSPS) is 16.4. The molecule has 0 unspecified atom stereocenters. The van der Waals surface area contributed by atoms with Crippen LogP contribution in [0, 0.1) is 0 Å². The molecule has 2 rings (SSSR count). The molecule has 19 heavy (non-hydrogen) atoms. The van der Waals surface area contributed by atoms with Crippen LogP contribution in [0.1, 0.15) is 20.8 Å². The van der Waals surface area contributed by atoms with Gasteiger partial charge in [-0.05, 0) is 20.8 Å². The van der Waals surface area contributed by atoms with Gasteiger partial charge in [0.05, 0.1) is 6.20 Å². The van der Waals surface area contributed by atoms with E-state index in [1.165, 1.54) is 6.33 Å². The fourth-order valence-corrected chi connectivity index (χ4v) is 1.84. The molecule has 0 saturated carbocycles. The SMILES string of the molecule is CC(C)(C)OC(=O)N1CCN(c2cnncn2)CC1. The maximum absolute atomic E-state index is 11.9. The van der Waals surface area contributed by atoms with E-state index in [1.807, 2.05) is 20.8 Å². The van der Waals surface area contributed by atoms with Gasteiger partial charge in [0.2, 0.25) is 0 Å². The largest absolute Gasteiger partial charge is 0.444 e. The molecular weight excluding hydrogens is 246 g/mol. The van der Waals surface area contributed by atoms with E-state index in [1.54, 1.807) is 11.1 Å². The highest BCUT2D eigenvalue weighted by Gasteiger charge is 2.26. The van der Waals surface area contributed by atoms with Gasteiger partial charge in [-0.25, -0.2) is 9.78 Å². The molecule has 1 amide bonds. The van der Waals surface area contributed by atoms with Crippen molar-refractivity contribution in [2.24, 2.45) is 0 Å². The summed E-state index contributed by atoms with van der Waals surface area (Å²) in [6.45, 7) is 8.29. The summed E-state index contributed by atoms with van der Waals surface area (Å²) in [5.74, 6) is 0.791. The number of hydrogen-bond acceptors (Lipinski definition) is 6. The zero-order valence-electron chi connectivity index (χ0n) is 11.5. The van der Waals surface area contributed by atoms with Crippen molar-refractivity contribution < 1.29 is 9.53 Å². The maximum atomic E-state index is 11.9. The highest BCUT2D eigenvalue weighted by atomic mass is 16.6. The summed E-state index contributed by atoms with van der Waals surface area (Å²) in [5, 5.41) is 7.45. The van der Waals surface area contributed by atoms with Crippen molar-refractivity contribution in [3.05, 3.63) is 12.5 Å². The Labute approximate surface area is 112 Å². The number of amides is 1. The molecule has 0 bridgehead atoms. The standard InChI is InChI=1S/C12H19N5O2/c1-12(2,3)19-11(18)17-6-4-16(5-7-17)10-8-14-15-9-13-10/h8-9H,4-7H2,1-3H3. The van der Waals surface area contributed by atoms with Gasteiger partial charge in [0.25, 0.3) is 0 Å². The third-order valence-corrected chi connectivity index (χ3v) is 2.74. The second kappa shape index (κ2) is 5.38. The Morgan fingerprint density at radius 3 is 2.42 bits per heavy atom. The van der Waals surface area contributed by atoms with E-state index in [0.29, 0.717) is 13.1 Å². The molecule has 1 aliphatic heterocycles. The van der Waals surface area contributed by atoms with E-state index >= 15 is 0 Å². The predicted octanol–water partition coefficient (Wildman–Crippen LogP) is 0.929. The van der Waals surface area contributed by atoms with Crippen molar-refractivity contribution in [2.75, 3.05) is 31.1 Å². The van der Waals surface area contributed by atoms with Crippen LogP contribution < -0.4 is 4.90 Å².